The number of hydrogen-bond acceptors (Lipinski definition) is 1. The first-order valence-electron chi connectivity index (χ1n) is 16.2. The van der Waals surface area contributed by atoms with Crippen LogP contribution >= 0.6 is 0 Å². The number of para-hydroxylation sites is 4. The highest BCUT2D eigenvalue weighted by atomic mass is 15.1. The van der Waals surface area contributed by atoms with E-state index in [1.807, 2.05) is 55.4 Å². The molecule has 1 aliphatic heterocycles. The standard InChI is InChI=1S/C19H15N.C14H13N.4C2H6/c1-2-8-15(9-3-1)14-20-18-12-6-4-10-16(18)17-11-5-7-13-19(17)20;1-15-13-8-4-2-6-11(13)10-12-7-3-5-9-14(12)15;4*1-2/h1-13H,14H2;2-9H,10H2,1H3;4*1-2H3. The molecule has 1 aliphatic rings. The Kier molecular flexibility index (Phi) is 15.4. The Hall–Kier alpha value is -4.30. The molecular formula is C41H52N2. The first kappa shape index (κ1) is 34.9. The third-order valence-corrected chi connectivity index (χ3v) is 6.95. The summed E-state index contributed by atoms with van der Waals surface area (Å²) in [5.41, 5.74) is 9.43. The minimum Gasteiger partial charge on any atom is -0.344 e. The van der Waals surface area contributed by atoms with E-state index in [2.05, 4.69) is 144 Å². The molecule has 5 aromatic carbocycles. The quantitative estimate of drug-likeness (QED) is 0.200. The van der Waals surface area contributed by atoms with Crippen molar-refractivity contribution in [2.75, 3.05) is 11.9 Å². The molecule has 0 atom stereocenters. The summed E-state index contributed by atoms with van der Waals surface area (Å²) in [6, 6.07) is 45.1. The van der Waals surface area contributed by atoms with Crippen LogP contribution in [0.1, 0.15) is 72.1 Å². The predicted octanol–water partition coefficient (Wildman–Crippen LogP) is 12.3. The number of hydrogen-bond donors (Lipinski definition) is 0. The summed E-state index contributed by atoms with van der Waals surface area (Å²) in [7, 11) is 2.14. The number of aromatic nitrogens is 1. The molecule has 0 spiro atoms. The van der Waals surface area contributed by atoms with Crippen molar-refractivity contribution < 1.29 is 0 Å². The lowest BCUT2D eigenvalue weighted by Gasteiger charge is -2.29. The Balaban J connectivity index is 0.000000250. The van der Waals surface area contributed by atoms with Crippen LogP contribution in [0.5, 0.6) is 0 Å². The largest absolute Gasteiger partial charge is 0.344 e. The first-order valence-corrected chi connectivity index (χ1v) is 16.2. The second-order valence-electron chi connectivity index (χ2n) is 9.10. The molecule has 0 N–H and O–H groups in total. The van der Waals surface area contributed by atoms with Crippen molar-refractivity contribution in [2.45, 2.75) is 68.4 Å². The second kappa shape index (κ2) is 19.0. The molecule has 0 saturated heterocycles. The fraction of sp³-hybridized carbons (Fsp3) is 0.268. The Morgan fingerprint density at radius 2 is 0.814 bits per heavy atom. The Bertz CT molecular complexity index is 1510. The summed E-state index contributed by atoms with van der Waals surface area (Å²) in [4.78, 5) is 2.27. The van der Waals surface area contributed by atoms with E-state index in [-0.39, 0.29) is 0 Å². The van der Waals surface area contributed by atoms with E-state index in [4.69, 9.17) is 0 Å². The van der Waals surface area contributed by atoms with Crippen LogP contribution in [-0.4, -0.2) is 11.6 Å². The molecule has 0 fully saturated rings. The highest BCUT2D eigenvalue weighted by Gasteiger charge is 2.18. The highest BCUT2D eigenvalue weighted by Crippen LogP contribution is 2.36. The van der Waals surface area contributed by atoms with E-state index in [1.54, 1.807) is 0 Å². The normalized spacial score (nSPS) is 10.4. The zero-order valence-corrected chi connectivity index (χ0v) is 27.9. The molecule has 0 radical (unpaired) electrons. The fourth-order valence-corrected chi connectivity index (χ4v) is 5.25. The van der Waals surface area contributed by atoms with Crippen LogP contribution in [0.3, 0.4) is 0 Å². The highest BCUT2D eigenvalue weighted by molar-refractivity contribution is 6.08. The van der Waals surface area contributed by atoms with Gasteiger partial charge < -0.3 is 9.47 Å². The third kappa shape index (κ3) is 8.38. The zero-order chi connectivity index (χ0) is 31.6. The van der Waals surface area contributed by atoms with Crippen LogP contribution in [-0.2, 0) is 13.0 Å². The van der Waals surface area contributed by atoms with Crippen LogP contribution in [0.4, 0.5) is 11.4 Å². The van der Waals surface area contributed by atoms with Gasteiger partial charge in [0.2, 0.25) is 0 Å². The first-order chi connectivity index (χ1) is 21.3. The molecule has 226 valence electrons. The Labute approximate surface area is 261 Å². The summed E-state index contributed by atoms with van der Waals surface area (Å²) < 4.78 is 2.40. The molecule has 0 unspecified atom stereocenters. The molecule has 0 amide bonds. The van der Waals surface area contributed by atoms with Crippen LogP contribution in [0.2, 0.25) is 0 Å². The van der Waals surface area contributed by atoms with Gasteiger partial charge in [-0.25, -0.2) is 0 Å². The van der Waals surface area contributed by atoms with Gasteiger partial charge in [-0.05, 0) is 41.0 Å². The van der Waals surface area contributed by atoms with Crippen molar-refractivity contribution in [1.29, 1.82) is 0 Å². The Morgan fingerprint density at radius 3 is 1.28 bits per heavy atom. The van der Waals surface area contributed by atoms with Gasteiger partial charge >= 0.3 is 0 Å². The van der Waals surface area contributed by atoms with E-state index < -0.39 is 0 Å². The molecule has 0 bridgehead atoms. The van der Waals surface area contributed by atoms with Crippen molar-refractivity contribution in [1.82, 2.24) is 4.57 Å². The molecule has 1 aromatic heterocycles. The van der Waals surface area contributed by atoms with Gasteiger partial charge in [0.25, 0.3) is 0 Å². The molecule has 0 aliphatic carbocycles. The van der Waals surface area contributed by atoms with Gasteiger partial charge in [-0.15, -0.1) is 0 Å². The summed E-state index contributed by atoms with van der Waals surface area (Å²) in [5, 5.41) is 2.66. The number of benzene rings is 5. The molecule has 0 saturated carbocycles. The number of fused-ring (bicyclic) bond motifs is 5. The monoisotopic (exact) mass is 572 g/mol. The molecule has 2 nitrogen and oxygen atoms in total. The maximum atomic E-state index is 2.40. The van der Waals surface area contributed by atoms with Gasteiger partial charge in [-0.2, -0.15) is 0 Å². The second-order valence-corrected chi connectivity index (χ2v) is 9.10. The molecule has 2 heterocycles. The van der Waals surface area contributed by atoms with Crippen molar-refractivity contribution in [3.8, 4) is 0 Å². The van der Waals surface area contributed by atoms with Gasteiger partial charge in [0.05, 0.1) is 0 Å². The minimum absolute atomic E-state index is 0.912. The minimum atomic E-state index is 0.912. The SMILES string of the molecule is CC.CC.CC.CC.CN1c2ccccc2Cc2ccccc21.c1ccc(Cn2c3ccccc3c3ccccc32)cc1. The number of anilines is 2. The van der Waals surface area contributed by atoms with Crippen molar-refractivity contribution in [3.05, 3.63) is 144 Å². The molecule has 43 heavy (non-hydrogen) atoms. The van der Waals surface area contributed by atoms with Gasteiger partial charge in [-0.3, -0.25) is 0 Å². The van der Waals surface area contributed by atoms with Crippen LogP contribution in [0, 0.1) is 0 Å². The number of rotatable bonds is 2. The van der Waals surface area contributed by atoms with Crippen LogP contribution < -0.4 is 4.90 Å². The van der Waals surface area contributed by atoms with Gasteiger partial charge in [0, 0.05) is 53.2 Å². The average molecular weight is 573 g/mol. The predicted molar refractivity (Wildman–Crippen MR) is 194 cm³/mol. The van der Waals surface area contributed by atoms with Gasteiger partial charge in [0.15, 0.2) is 0 Å². The Morgan fingerprint density at radius 1 is 0.442 bits per heavy atom. The van der Waals surface area contributed by atoms with Crippen molar-refractivity contribution in [2.24, 2.45) is 0 Å². The average Bonchev–Trinajstić information content (AvgIpc) is 3.42. The van der Waals surface area contributed by atoms with E-state index >= 15 is 0 Å². The lowest BCUT2D eigenvalue weighted by Crippen LogP contribution is -2.18. The van der Waals surface area contributed by atoms with E-state index in [0.717, 1.165) is 13.0 Å². The van der Waals surface area contributed by atoms with E-state index in [9.17, 15) is 0 Å². The zero-order valence-electron chi connectivity index (χ0n) is 27.9. The summed E-state index contributed by atoms with van der Waals surface area (Å²) in [6.07, 6.45) is 1.05. The maximum absolute atomic E-state index is 2.40. The lowest BCUT2D eigenvalue weighted by atomic mass is 9.96. The van der Waals surface area contributed by atoms with Gasteiger partial charge in [-0.1, -0.05) is 159 Å². The van der Waals surface area contributed by atoms with E-state index in [0.29, 0.717) is 0 Å². The summed E-state index contributed by atoms with van der Waals surface area (Å²) in [6.45, 7) is 16.9. The van der Waals surface area contributed by atoms with Crippen molar-refractivity contribution >= 4 is 33.2 Å². The topological polar surface area (TPSA) is 8.17 Å². The van der Waals surface area contributed by atoms with E-state index in [1.165, 1.54) is 49.9 Å². The van der Waals surface area contributed by atoms with Crippen LogP contribution in [0.25, 0.3) is 21.8 Å². The molecule has 6 aromatic rings. The molecule has 2 heteroatoms. The summed E-state index contributed by atoms with van der Waals surface area (Å²) >= 11 is 0. The fourth-order valence-electron chi connectivity index (χ4n) is 5.25. The molecule has 7 rings (SSSR count). The molecular weight excluding hydrogens is 520 g/mol. The maximum Gasteiger partial charge on any atom is 0.0494 e. The lowest BCUT2D eigenvalue weighted by molar-refractivity contribution is 0.869. The van der Waals surface area contributed by atoms with Crippen LogP contribution in [0.15, 0.2) is 127 Å². The smallest absolute Gasteiger partial charge is 0.0494 e. The van der Waals surface area contributed by atoms with Gasteiger partial charge in [0.1, 0.15) is 0 Å². The van der Waals surface area contributed by atoms with Crippen molar-refractivity contribution in [3.63, 3.8) is 0 Å². The summed E-state index contributed by atoms with van der Waals surface area (Å²) in [5.74, 6) is 0. The number of nitrogens with zero attached hydrogens (tertiary/aromatic N) is 2. The third-order valence-electron chi connectivity index (χ3n) is 6.95.